The Morgan fingerprint density at radius 3 is 1.94 bits per heavy atom. The molecule has 7 atom stereocenters. The highest BCUT2D eigenvalue weighted by Gasteiger charge is 2.67. The van der Waals surface area contributed by atoms with Gasteiger partial charge in [0.2, 0.25) is 0 Å². The Labute approximate surface area is 362 Å². The van der Waals surface area contributed by atoms with Gasteiger partial charge in [-0.25, -0.2) is 13.8 Å². The minimum Gasteiger partial charge on any atom is -0.414 e. The number of nitrogens with two attached hydrogens (primary N) is 1. The molecule has 62 heavy (non-hydrogen) atoms. The van der Waals surface area contributed by atoms with Crippen LogP contribution in [0.15, 0.2) is 47.8 Å². The molecule has 2 aromatic rings. The Balaban J connectivity index is 1.45. The molecule has 0 amide bonds. The van der Waals surface area contributed by atoms with Crippen molar-refractivity contribution in [2.45, 2.75) is 154 Å². The molecule has 1 spiro atoms. The molecule has 3 aliphatic rings. The van der Waals surface area contributed by atoms with Gasteiger partial charge in [0.25, 0.3) is 21.2 Å². The lowest BCUT2D eigenvalue weighted by molar-refractivity contribution is -0.0568. The van der Waals surface area contributed by atoms with E-state index in [1.165, 1.54) is 35.4 Å². The topological polar surface area (TPSA) is 273 Å². The van der Waals surface area contributed by atoms with Crippen LogP contribution >= 0.6 is 0 Å². The zero-order valence-corrected chi connectivity index (χ0v) is 40.4. The molecular formula is C38H62N8O13SSi2. The van der Waals surface area contributed by atoms with Crippen LogP contribution in [0.5, 0.6) is 0 Å². The Kier molecular flexibility index (Phi) is 14.1. The normalized spacial score (nSPS) is 26.6. The van der Waals surface area contributed by atoms with Gasteiger partial charge in [-0.1, -0.05) is 46.7 Å². The molecule has 2 aromatic heterocycles. The van der Waals surface area contributed by atoms with Crippen molar-refractivity contribution < 1.29 is 40.8 Å². The maximum atomic E-state index is 14.5. The second kappa shape index (κ2) is 17.7. The van der Waals surface area contributed by atoms with E-state index in [2.05, 4.69) is 30.8 Å². The van der Waals surface area contributed by atoms with Crippen molar-refractivity contribution in [3.63, 3.8) is 0 Å². The predicted molar refractivity (Wildman–Crippen MR) is 233 cm³/mol. The Morgan fingerprint density at radius 1 is 0.919 bits per heavy atom. The van der Waals surface area contributed by atoms with E-state index in [-0.39, 0.29) is 61.2 Å². The monoisotopic (exact) mass is 926 g/mol. The van der Waals surface area contributed by atoms with Crippen molar-refractivity contribution in [2.24, 2.45) is 10.8 Å². The highest BCUT2D eigenvalue weighted by Crippen LogP contribution is 2.52. The lowest BCUT2D eigenvalue weighted by Crippen LogP contribution is -2.59. The van der Waals surface area contributed by atoms with Crippen LogP contribution in [0.1, 0.15) is 71.5 Å². The van der Waals surface area contributed by atoms with Gasteiger partial charge in [0.15, 0.2) is 28.5 Å². The summed E-state index contributed by atoms with van der Waals surface area (Å²) in [6.45, 7) is 21.8. The first-order valence-electron chi connectivity index (χ1n) is 20.5. The molecule has 24 heteroatoms. The molecule has 346 valence electrons. The van der Waals surface area contributed by atoms with Gasteiger partial charge in [-0.15, -0.1) is 0 Å². The third-order valence-corrected chi connectivity index (χ3v) is 22.9. The maximum absolute atomic E-state index is 14.5. The fraction of sp³-hybridized carbons (Fsp3) is 0.737. The molecule has 3 N–H and O–H groups in total. The van der Waals surface area contributed by atoms with Crippen LogP contribution in [0.2, 0.25) is 36.3 Å². The standard InChI is InChI=1S/C38H62N8O13SSi2/c1-23-18-45(29-17-25(41-42-40)26(20-47)56-29)34(50)43(31(23)48)13-15-54-16-14-44-32(49)24(2)19-46(35(44)51)33-30(58-62(11,12)37(6,7)8)38(27(39)22-60(52,53)59-38)28(57-33)21-55-61(9,10)36(3,4)5/h18-19,22,25-26,28-30,33,47H,13-17,20-21,39H2,1-12H3/t25-,26+,28?,29+,30-,33+,38?/m0/s1. The second-order valence-electron chi connectivity index (χ2n) is 19.2. The summed E-state index contributed by atoms with van der Waals surface area (Å²) in [5.41, 5.74) is 11.1. The molecule has 0 radical (unpaired) electrons. The number of aryl methyl sites for hydroxylation is 2. The van der Waals surface area contributed by atoms with E-state index >= 15 is 0 Å². The zero-order valence-electron chi connectivity index (χ0n) is 37.6. The number of hydrogen-bond acceptors (Lipinski definition) is 15. The third kappa shape index (κ3) is 9.41. The van der Waals surface area contributed by atoms with Gasteiger partial charge in [-0.05, 0) is 55.6 Å². The number of azide groups is 1. The summed E-state index contributed by atoms with van der Waals surface area (Å²) in [6, 6.07) is -0.720. The maximum Gasteiger partial charge on any atom is 0.333 e. The summed E-state index contributed by atoms with van der Waals surface area (Å²) in [7, 11) is -9.65. The van der Waals surface area contributed by atoms with Crippen LogP contribution in [-0.4, -0.2) is 105 Å². The molecule has 0 bridgehead atoms. The first-order valence-corrected chi connectivity index (χ1v) is 27.8. The quantitative estimate of drug-likeness (QED) is 0.0650. The van der Waals surface area contributed by atoms with Crippen molar-refractivity contribution in [1.29, 1.82) is 0 Å². The van der Waals surface area contributed by atoms with Gasteiger partial charge in [0.1, 0.15) is 18.4 Å². The van der Waals surface area contributed by atoms with Gasteiger partial charge in [-0.3, -0.25) is 27.9 Å². The highest BCUT2D eigenvalue weighted by molar-refractivity contribution is 7.90. The Bertz CT molecular complexity index is 2460. The van der Waals surface area contributed by atoms with E-state index in [9.17, 15) is 32.7 Å². The van der Waals surface area contributed by atoms with E-state index in [1.807, 2.05) is 47.0 Å². The van der Waals surface area contributed by atoms with Gasteiger partial charge < -0.3 is 33.9 Å². The average Bonchev–Trinajstić information content (AvgIpc) is 3.78. The fourth-order valence-corrected chi connectivity index (χ4v) is 10.7. The smallest absolute Gasteiger partial charge is 0.333 e. The van der Waals surface area contributed by atoms with Gasteiger partial charge in [0.05, 0.1) is 62.8 Å². The van der Waals surface area contributed by atoms with Crippen molar-refractivity contribution in [3.8, 4) is 0 Å². The molecule has 3 aliphatic heterocycles. The Morgan fingerprint density at radius 2 is 1.45 bits per heavy atom. The third-order valence-electron chi connectivity index (χ3n) is 12.9. The van der Waals surface area contributed by atoms with Crippen molar-refractivity contribution in [2.75, 3.05) is 26.4 Å². The van der Waals surface area contributed by atoms with E-state index in [0.717, 1.165) is 14.5 Å². The molecule has 21 nitrogen and oxygen atoms in total. The summed E-state index contributed by atoms with van der Waals surface area (Å²) in [5, 5.41) is 13.6. The van der Waals surface area contributed by atoms with Crippen molar-refractivity contribution in [1.82, 2.24) is 18.3 Å². The molecule has 5 rings (SSSR count). The minimum absolute atomic E-state index is 0.101. The summed E-state index contributed by atoms with van der Waals surface area (Å²) in [6.07, 6.45) is -2.76. The first kappa shape index (κ1) is 49.3. The number of ether oxygens (including phenoxy) is 3. The molecule has 0 aliphatic carbocycles. The SMILES string of the molecule is Cc1cn([C@@H]2OC(CO[Si](C)(C)C(C)(C)C)C3(OS(=O)(=O)C=C3N)[C@H]2O[Si](C)(C)C(C)(C)C)c(=O)n(CCOCCn2c(=O)c(C)cn([C@H]3C[C@H](N=[N+]=[N-])[C@@H](CO)O3)c2=O)c1=O. The first-order chi connectivity index (χ1) is 28.5. The summed E-state index contributed by atoms with van der Waals surface area (Å²) >= 11 is 0. The number of aliphatic hydroxyl groups is 1. The molecule has 0 aromatic carbocycles. The van der Waals surface area contributed by atoms with E-state index < -0.39 is 103 Å². The molecule has 0 saturated carbocycles. The van der Waals surface area contributed by atoms with Crippen molar-refractivity contribution >= 4 is 26.8 Å². The van der Waals surface area contributed by atoms with Crippen LogP contribution in [0.25, 0.3) is 10.4 Å². The highest BCUT2D eigenvalue weighted by atomic mass is 32.2. The minimum atomic E-state index is -4.33. The number of aliphatic hydroxyl groups excluding tert-OH is 1. The van der Waals surface area contributed by atoms with E-state index in [1.54, 1.807) is 0 Å². The number of rotatable bonds is 15. The van der Waals surface area contributed by atoms with Gasteiger partial charge in [0, 0.05) is 34.9 Å². The van der Waals surface area contributed by atoms with Crippen LogP contribution in [0.4, 0.5) is 0 Å². The largest absolute Gasteiger partial charge is 0.414 e. The van der Waals surface area contributed by atoms with Crippen LogP contribution in [-0.2, 0) is 50.5 Å². The summed E-state index contributed by atoms with van der Waals surface area (Å²) in [4.78, 5) is 57.4. The lowest BCUT2D eigenvalue weighted by Gasteiger charge is -2.43. The molecule has 2 saturated heterocycles. The van der Waals surface area contributed by atoms with Gasteiger partial charge >= 0.3 is 11.4 Å². The second-order valence-corrected chi connectivity index (χ2v) is 30.1. The molecule has 2 unspecified atom stereocenters. The summed E-state index contributed by atoms with van der Waals surface area (Å²) in [5.74, 6) is 0. The molecular weight excluding hydrogens is 865 g/mol. The van der Waals surface area contributed by atoms with E-state index in [4.69, 9.17) is 38.5 Å². The van der Waals surface area contributed by atoms with Crippen LogP contribution in [0, 0.1) is 13.8 Å². The van der Waals surface area contributed by atoms with Crippen molar-refractivity contribution in [3.05, 3.63) is 86.7 Å². The lowest BCUT2D eigenvalue weighted by atomic mass is 9.89. The average molecular weight is 927 g/mol. The number of nitrogens with zero attached hydrogens (tertiary/aromatic N) is 7. The van der Waals surface area contributed by atoms with Gasteiger partial charge in [-0.2, -0.15) is 8.42 Å². The Hall–Kier alpha value is -3.69. The molecule has 5 heterocycles. The predicted octanol–water partition coefficient (Wildman–Crippen LogP) is 2.83. The van der Waals surface area contributed by atoms with E-state index in [0.29, 0.717) is 0 Å². The number of aromatic nitrogens is 4. The molecule has 2 fully saturated rings. The van der Waals surface area contributed by atoms with Crippen LogP contribution in [0.3, 0.4) is 0 Å². The zero-order chi connectivity index (χ0) is 46.5. The van der Waals surface area contributed by atoms with Crippen LogP contribution < -0.4 is 28.2 Å². The fourth-order valence-electron chi connectivity index (χ4n) is 7.17. The summed E-state index contributed by atoms with van der Waals surface area (Å²) < 4.78 is 68.4. The number of hydrogen-bond donors (Lipinski definition) is 2.